The predicted octanol–water partition coefficient (Wildman–Crippen LogP) is 1.27. The quantitative estimate of drug-likeness (QED) is 0.466. The third-order valence-electron chi connectivity index (χ3n) is 3.56. The summed E-state index contributed by atoms with van der Waals surface area (Å²) in [4.78, 5) is 48.5. The van der Waals surface area contributed by atoms with Crippen LogP contribution in [0.1, 0.15) is 39.1 Å². The maximum absolute atomic E-state index is 12.5. The Kier molecular flexibility index (Phi) is 5.07. The summed E-state index contributed by atoms with van der Waals surface area (Å²) < 4.78 is 0. The van der Waals surface area contributed by atoms with Gasteiger partial charge in [0.2, 0.25) is 5.91 Å². The fraction of sp³-hybridized carbons (Fsp3) is 0.333. The lowest BCUT2D eigenvalue weighted by Crippen LogP contribution is -2.48. The molecule has 2 rings (SSSR count). The van der Waals surface area contributed by atoms with Gasteiger partial charge in [-0.05, 0) is 24.1 Å². The lowest BCUT2D eigenvalue weighted by molar-refractivity contribution is -0.124. The molecule has 0 radical (unpaired) electrons. The number of likely N-dealkylation sites (N-methyl/N-ethyl adjacent to an activating group) is 1. The average Bonchev–Trinajstić information content (AvgIpc) is 2.79. The number of nitrogens with one attached hydrogen (secondary N) is 1. The smallest absolute Gasteiger partial charge is 0.262 e. The van der Waals surface area contributed by atoms with Crippen molar-refractivity contribution in [1.29, 1.82) is 0 Å². The minimum atomic E-state index is -0.977. The van der Waals surface area contributed by atoms with Gasteiger partial charge in [-0.3, -0.25) is 19.3 Å². The molecule has 0 aliphatic carbocycles. The molecular weight excluding hydrogens is 352 g/mol. The van der Waals surface area contributed by atoms with Crippen LogP contribution in [0.2, 0.25) is 0 Å². The number of imide groups is 1. The third kappa shape index (κ3) is 2.81. The van der Waals surface area contributed by atoms with Crippen molar-refractivity contribution in [1.82, 2.24) is 10.2 Å². The summed E-state index contributed by atoms with van der Waals surface area (Å²) in [5.74, 6) is -1.46. The Hall–Kier alpha value is -2.02. The molecule has 1 heterocycles. The van der Waals surface area contributed by atoms with E-state index in [4.69, 9.17) is 0 Å². The Morgan fingerprint density at radius 1 is 1.32 bits per heavy atom. The molecule has 1 N–H and O–H groups in total. The number of rotatable bonds is 6. The zero-order valence-corrected chi connectivity index (χ0v) is 13.6. The Morgan fingerprint density at radius 3 is 2.59 bits per heavy atom. The van der Waals surface area contributed by atoms with E-state index in [1.807, 2.05) is 0 Å². The number of halogens is 1. The highest BCUT2D eigenvalue weighted by atomic mass is 79.9. The number of nitrogens with zero attached hydrogens (tertiary/aromatic N) is 1. The number of benzene rings is 1. The molecule has 1 aliphatic rings. The van der Waals surface area contributed by atoms with Crippen LogP contribution in [0.4, 0.5) is 0 Å². The van der Waals surface area contributed by atoms with Crippen molar-refractivity contribution >= 4 is 39.9 Å². The Labute approximate surface area is 136 Å². The Bertz CT molecular complexity index is 644. The first-order valence-electron chi connectivity index (χ1n) is 6.77. The van der Waals surface area contributed by atoms with Crippen LogP contribution in [-0.4, -0.2) is 42.0 Å². The topological polar surface area (TPSA) is 83.6 Å². The highest BCUT2D eigenvalue weighted by Crippen LogP contribution is 2.27. The van der Waals surface area contributed by atoms with Gasteiger partial charge >= 0.3 is 0 Å². The van der Waals surface area contributed by atoms with Gasteiger partial charge in [0.15, 0.2) is 0 Å². The van der Waals surface area contributed by atoms with Crippen LogP contribution in [-0.2, 0) is 14.9 Å². The number of alkyl halides is 1. The van der Waals surface area contributed by atoms with E-state index in [0.717, 1.165) is 10.5 Å². The molecule has 0 spiro atoms. The summed E-state index contributed by atoms with van der Waals surface area (Å²) in [5.41, 5.74) is 1.45. The number of aldehydes is 1. The maximum atomic E-state index is 12.5. The molecule has 0 saturated heterocycles. The number of amides is 3. The summed E-state index contributed by atoms with van der Waals surface area (Å²) in [6.45, 7) is 0. The molecule has 0 fully saturated rings. The van der Waals surface area contributed by atoms with Gasteiger partial charge in [0.1, 0.15) is 12.3 Å². The van der Waals surface area contributed by atoms with Crippen LogP contribution < -0.4 is 5.32 Å². The lowest BCUT2D eigenvalue weighted by atomic mass is 10.1. The van der Waals surface area contributed by atoms with Crippen molar-refractivity contribution in [2.24, 2.45) is 0 Å². The van der Waals surface area contributed by atoms with E-state index < -0.39 is 23.8 Å². The highest BCUT2D eigenvalue weighted by molar-refractivity contribution is 9.08. The number of hydrogen-bond acceptors (Lipinski definition) is 4. The second kappa shape index (κ2) is 6.83. The number of carbonyl (C=O) groups excluding carboxylic acids is 4. The van der Waals surface area contributed by atoms with Crippen molar-refractivity contribution in [3.05, 3.63) is 34.9 Å². The minimum absolute atomic E-state index is 0.0954. The first-order valence-corrected chi connectivity index (χ1v) is 7.89. The third-order valence-corrected chi connectivity index (χ3v) is 4.20. The lowest BCUT2D eigenvalue weighted by Gasteiger charge is -2.24. The predicted molar refractivity (Wildman–Crippen MR) is 82.7 cm³/mol. The molecular formula is C15H15BrN2O4. The SMILES string of the molecule is CNC(=O)C(CCC=O)N1C(=O)c2ccc(CBr)cc2C1=O. The standard InChI is InChI=1S/C15H15BrN2O4/c1-17-13(20)12(3-2-6-19)18-14(21)10-5-4-9(8-16)7-11(10)15(18)22/h4-7,12H,2-3,8H2,1H3,(H,17,20). The van der Waals surface area contributed by atoms with E-state index in [0.29, 0.717) is 17.2 Å². The molecule has 0 aromatic heterocycles. The molecule has 116 valence electrons. The van der Waals surface area contributed by atoms with Crippen molar-refractivity contribution in [3.8, 4) is 0 Å². The largest absolute Gasteiger partial charge is 0.357 e. The Balaban J connectivity index is 2.39. The first-order chi connectivity index (χ1) is 10.5. The molecule has 1 aromatic rings. The van der Waals surface area contributed by atoms with Crippen LogP contribution in [0, 0.1) is 0 Å². The normalized spacial score (nSPS) is 14.7. The number of hydrogen-bond donors (Lipinski definition) is 1. The second-order valence-electron chi connectivity index (χ2n) is 4.87. The maximum Gasteiger partial charge on any atom is 0.262 e. The van der Waals surface area contributed by atoms with E-state index >= 15 is 0 Å². The fourth-order valence-electron chi connectivity index (χ4n) is 2.44. The summed E-state index contributed by atoms with van der Waals surface area (Å²) in [7, 11) is 1.43. The average molecular weight is 367 g/mol. The monoisotopic (exact) mass is 366 g/mol. The van der Waals surface area contributed by atoms with Gasteiger partial charge in [-0.15, -0.1) is 0 Å². The van der Waals surface area contributed by atoms with Crippen LogP contribution >= 0.6 is 15.9 Å². The second-order valence-corrected chi connectivity index (χ2v) is 5.43. The molecule has 1 aliphatic heterocycles. The summed E-state index contributed by atoms with van der Waals surface area (Å²) in [5, 5.41) is 2.99. The molecule has 6 nitrogen and oxygen atoms in total. The van der Waals surface area contributed by atoms with Crippen LogP contribution in [0.5, 0.6) is 0 Å². The number of fused-ring (bicyclic) bond motifs is 1. The van der Waals surface area contributed by atoms with Crippen LogP contribution in [0.25, 0.3) is 0 Å². The fourth-order valence-corrected chi connectivity index (χ4v) is 2.79. The van der Waals surface area contributed by atoms with E-state index in [1.54, 1.807) is 18.2 Å². The molecule has 3 amide bonds. The van der Waals surface area contributed by atoms with Gasteiger partial charge in [0.25, 0.3) is 11.8 Å². The van der Waals surface area contributed by atoms with Gasteiger partial charge in [0, 0.05) is 18.8 Å². The van der Waals surface area contributed by atoms with E-state index in [1.165, 1.54) is 7.05 Å². The van der Waals surface area contributed by atoms with Crippen LogP contribution in [0.15, 0.2) is 18.2 Å². The van der Waals surface area contributed by atoms with Gasteiger partial charge in [-0.25, -0.2) is 0 Å². The first kappa shape index (κ1) is 16.4. The number of carbonyl (C=O) groups is 4. The molecule has 0 bridgehead atoms. The van der Waals surface area contributed by atoms with Gasteiger partial charge in [-0.1, -0.05) is 22.0 Å². The summed E-state index contributed by atoms with van der Waals surface area (Å²) >= 11 is 3.30. The minimum Gasteiger partial charge on any atom is -0.357 e. The molecule has 7 heteroatoms. The molecule has 1 atom stereocenters. The van der Waals surface area contributed by atoms with E-state index in [2.05, 4.69) is 21.2 Å². The molecule has 1 aromatic carbocycles. The Morgan fingerprint density at radius 2 is 2.00 bits per heavy atom. The van der Waals surface area contributed by atoms with Gasteiger partial charge in [0.05, 0.1) is 11.1 Å². The van der Waals surface area contributed by atoms with Crippen LogP contribution in [0.3, 0.4) is 0 Å². The molecule has 0 saturated carbocycles. The zero-order chi connectivity index (χ0) is 16.3. The van der Waals surface area contributed by atoms with E-state index in [9.17, 15) is 19.2 Å². The van der Waals surface area contributed by atoms with Crippen molar-refractivity contribution in [3.63, 3.8) is 0 Å². The van der Waals surface area contributed by atoms with E-state index in [-0.39, 0.29) is 18.4 Å². The van der Waals surface area contributed by atoms with Gasteiger partial charge in [-0.2, -0.15) is 0 Å². The van der Waals surface area contributed by atoms with Crippen molar-refractivity contribution in [2.75, 3.05) is 7.05 Å². The zero-order valence-electron chi connectivity index (χ0n) is 12.0. The summed E-state index contributed by atoms with van der Waals surface area (Å²) in [6.07, 6.45) is 0.870. The van der Waals surface area contributed by atoms with Gasteiger partial charge < -0.3 is 10.1 Å². The molecule has 22 heavy (non-hydrogen) atoms. The summed E-state index contributed by atoms with van der Waals surface area (Å²) in [6, 6.07) is 4.01. The molecule has 1 unspecified atom stereocenters. The highest BCUT2D eigenvalue weighted by Gasteiger charge is 2.42. The van der Waals surface area contributed by atoms with Crippen molar-refractivity contribution in [2.45, 2.75) is 24.2 Å². The van der Waals surface area contributed by atoms with Crippen molar-refractivity contribution < 1.29 is 19.2 Å².